The standard InChI is InChI=1S/C18H14N4O3S/c23-17(20-13-3-5-15-16(8-13)25-11-24-15)10-26-18-6-4-14(21-22-18)12-2-1-7-19-9-12/h1-9H,10-11H2,(H,20,23). The largest absolute Gasteiger partial charge is 0.454 e. The van der Waals surface area contributed by atoms with Crippen molar-refractivity contribution in [2.45, 2.75) is 5.03 Å². The second-order valence-corrected chi connectivity index (χ2v) is 6.40. The number of anilines is 1. The van der Waals surface area contributed by atoms with Gasteiger partial charge in [0.2, 0.25) is 12.7 Å². The van der Waals surface area contributed by atoms with E-state index in [2.05, 4.69) is 20.5 Å². The molecule has 1 N–H and O–H groups in total. The Bertz CT molecular complexity index is 919. The van der Waals surface area contributed by atoms with Crippen LogP contribution in [0.15, 0.2) is 59.9 Å². The third kappa shape index (κ3) is 3.75. The van der Waals surface area contributed by atoms with Gasteiger partial charge in [-0.1, -0.05) is 11.8 Å². The van der Waals surface area contributed by atoms with E-state index >= 15 is 0 Å². The number of ether oxygens (including phenoxy) is 2. The number of nitrogens with zero attached hydrogens (tertiary/aromatic N) is 3. The van der Waals surface area contributed by atoms with Crippen molar-refractivity contribution in [3.05, 3.63) is 54.9 Å². The summed E-state index contributed by atoms with van der Waals surface area (Å²) in [5.41, 5.74) is 2.31. The van der Waals surface area contributed by atoms with Gasteiger partial charge in [0.25, 0.3) is 0 Å². The first kappa shape index (κ1) is 16.3. The number of benzene rings is 1. The van der Waals surface area contributed by atoms with Crippen molar-refractivity contribution in [3.8, 4) is 22.8 Å². The van der Waals surface area contributed by atoms with Crippen LogP contribution < -0.4 is 14.8 Å². The van der Waals surface area contributed by atoms with Gasteiger partial charge in [-0.15, -0.1) is 10.2 Å². The maximum Gasteiger partial charge on any atom is 0.234 e. The molecule has 1 aliphatic heterocycles. The van der Waals surface area contributed by atoms with E-state index in [-0.39, 0.29) is 18.5 Å². The fraction of sp³-hybridized carbons (Fsp3) is 0.111. The number of fused-ring (bicyclic) bond motifs is 1. The zero-order valence-electron chi connectivity index (χ0n) is 13.6. The minimum atomic E-state index is -0.132. The molecule has 0 spiro atoms. The summed E-state index contributed by atoms with van der Waals surface area (Å²) in [4.78, 5) is 16.2. The van der Waals surface area contributed by atoms with Crippen LogP contribution in [0.3, 0.4) is 0 Å². The van der Waals surface area contributed by atoms with Gasteiger partial charge in [-0.25, -0.2) is 0 Å². The molecule has 1 aromatic carbocycles. The van der Waals surface area contributed by atoms with Gasteiger partial charge in [0, 0.05) is 29.7 Å². The summed E-state index contributed by atoms with van der Waals surface area (Å²) in [7, 11) is 0. The number of amides is 1. The lowest BCUT2D eigenvalue weighted by Gasteiger charge is -2.06. The maximum atomic E-state index is 12.1. The number of nitrogens with one attached hydrogen (secondary N) is 1. The number of aromatic nitrogens is 3. The maximum absolute atomic E-state index is 12.1. The smallest absolute Gasteiger partial charge is 0.234 e. The highest BCUT2D eigenvalue weighted by Crippen LogP contribution is 2.34. The SMILES string of the molecule is O=C(CSc1ccc(-c2cccnc2)nn1)Nc1ccc2c(c1)OCO2. The van der Waals surface area contributed by atoms with Crippen LogP contribution in [0.2, 0.25) is 0 Å². The predicted octanol–water partition coefficient (Wildman–Crippen LogP) is 3.00. The van der Waals surface area contributed by atoms with E-state index in [1.807, 2.05) is 24.3 Å². The Labute approximate surface area is 153 Å². The van der Waals surface area contributed by atoms with Gasteiger partial charge >= 0.3 is 0 Å². The summed E-state index contributed by atoms with van der Waals surface area (Å²) in [6.45, 7) is 0.205. The van der Waals surface area contributed by atoms with E-state index in [0.717, 1.165) is 11.3 Å². The van der Waals surface area contributed by atoms with Crippen molar-refractivity contribution >= 4 is 23.4 Å². The monoisotopic (exact) mass is 366 g/mol. The molecule has 0 radical (unpaired) electrons. The molecule has 1 aliphatic rings. The van der Waals surface area contributed by atoms with E-state index in [1.54, 1.807) is 30.6 Å². The molecule has 4 rings (SSSR count). The Kier molecular flexibility index (Phi) is 4.65. The Morgan fingerprint density at radius 3 is 2.85 bits per heavy atom. The molecule has 0 aliphatic carbocycles. The molecular weight excluding hydrogens is 352 g/mol. The lowest BCUT2D eigenvalue weighted by Crippen LogP contribution is -2.14. The van der Waals surface area contributed by atoms with E-state index < -0.39 is 0 Å². The fourth-order valence-electron chi connectivity index (χ4n) is 2.38. The summed E-state index contributed by atoms with van der Waals surface area (Å²) in [6, 6.07) is 12.8. The third-order valence-corrected chi connectivity index (χ3v) is 4.52. The summed E-state index contributed by atoms with van der Waals surface area (Å²) in [5.74, 6) is 1.41. The van der Waals surface area contributed by atoms with Crippen LogP contribution in [0.5, 0.6) is 11.5 Å². The van der Waals surface area contributed by atoms with Gasteiger partial charge in [0.1, 0.15) is 5.03 Å². The minimum absolute atomic E-state index is 0.132. The van der Waals surface area contributed by atoms with Crippen molar-refractivity contribution in [1.29, 1.82) is 0 Å². The third-order valence-electron chi connectivity index (χ3n) is 3.60. The normalized spacial score (nSPS) is 12.0. The number of carbonyl (C=O) groups excluding carboxylic acids is 1. The van der Waals surface area contributed by atoms with Gasteiger partial charge in [0.05, 0.1) is 11.4 Å². The summed E-state index contributed by atoms with van der Waals surface area (Å²) < 4.78 is 10.5. The number of hydrogen-bond donors (Lipinski definition) is 1. The highest BCUT2D eigenvalue weighted by Gasteiger charge is 2.14. The van der Waals surface area contributed by atoms with Crippen LogP contribution in [-0.4, -0.2) is 33.6 Å². The van der Waals surface area contributed by atoms with Crippen molar-refractivity contribution in [2.24, 2.45) is 0 Å². The zero-order chi connectivity index (χ0) is 17.8. The van der Waals surface area contributed by atoms with Crippen molar-refractivity contribution < 1.29 is 14.3 Å². The molecule has 1 amide bonds. The van der Waals surface area contributed by atoms with Crippen molar-refractivity contribution in [1.82, 2.24) is 15.2 Å². The van der Waals surface area contributed by atoms with Crippen molar-refractivity contribution in [2.75, 3.05) is 17.9 Å². The van der Waals surface area contributed by atoms with E-state index in [4.69, 9.17) is 9.47 Å². The molecule has 7 nitrogen and oxygen atoms in total. The molecule has 0 unspecified atom stereocenters. The lowest BCUT2D eigenvalue weighted by atomic mass is 10.2. The number of thioether (sulfide) groups is 1. The van der Waals surface area contributed by atoms with Crippen molar-refractivity contribution in [3.63, 3.8) is 0 Å². The number of hydrogen-bond acceptors (Lipinski definition) is 7. The average molecular weight is 366 g/mol. The number of rotatable bonds is 5. The molecule has 0 saturated heterocycles. The molecule has 3 heterocycles. The molecule has 26 heavy (non-hydrogen) atoms. The fourth-order valence-corrected chi connectivity index (χ4v) is 2.99. The average Bonchev–Trinajstić information content (AvgIpc) is 3.15. The minimum Gasteiger partial charge on any atom is -0.454 e. The quantitative estimate of drug-likeness (QED) is 0.695. The van der Waals surface area contributed by atoms with E-state index in [1.165, 1.54) is 11.8 Å². The van der Waals surface area contributed by atoms with Gasteiger partial charge in [-0.05, 0) is 36.4 Å². The Morgan fingerprint density at radius 1 is 1.12 bits per heavy atom. The van der Waals surface area contributed by atoms with Crippen LogP contribution in [0.25, 0.3) is 11.3 Å². The van der Waals surface area contributed by atoms with E-state index in [0.29, 0.717) is 22.2 Å². The summed E-state index contributed by atoms with van der Waals surface area (Å²) in [5, 5.41) is 11.8. The first-order chi connectivity index (χ1) is 12.8. The molecule has 0 bridgehead atoms. The molecule has 0 fully saturated rings. The first-order valence-corrected chi connectivity index (χ1v) is 8.83. The Hall–Kier alpha value is -3.13. The lowest BCUT2D eigenvalue weighted by molar-refractivity contribution is -0.113. The van der Waals surface area contributed by atoms with Crippen LogP contribution in [0.1, 0.15) is 0 Å². The predicted molar refractivity (Wildman–Crippen MR) is 97.2 cm³/mol. The van der Waals surface area contributed by atoms with Crippen LogP contribution >= 0.6 is 11.8 Å². The van der Waals surface area contributed by atoms with Gasteiger partial charge < -0.3 is 14.8 Å². The molecule has 130 valence electrons. The second kappa shape index (κ2) is 7.40. The molecule has 3 aromatic rings. The Balaban J connectivity index is 1.33. The molecule has 0 saturated carbocycles. The van der Waals surface area contributed by atoms with E-state index in [9.17, 15) is 4.79 Å². The molecule has 2 aromatic heterocycles. The van der Waals surface area contributed by atoms with Crippen LogP contribution in [-0.2, 0) is 4.79 Å². The molecule has 0 atom stereocenters. The second-order valence-electron chi connectivity index (χ2n) is 5.40. The van der Waals surface area contributed by atoms with Gasteiger partial charge in [0.15, 0.2) is 11.5 Å². The molecule has 8 heteroatoms. The highest BCUT2D eigenvalue weighted by molar-refractivity contribution is 7.99. The van der Waals surface area contributed by atoms with Gasteiger partial charge in [-0.2, -0.15) is 0 Å². The molecular formula is C18H14N4O3S. The summed E-state index contributed by atoms with van der Waals surface area (Å²) >= 11 is 1.32. The number of carbonyl (C=O) groups is 1. The summed E-state index contributed by atoms with van der Waals surface area (Å²) in [6.07, 6.45) is 3.44. The first-order valence-electron chi connectivity index (χ1n) is 7.84. The van der Waals surface area contributed by atoms with Crippen LogP contribution in [0, 0.1) is 0 Å². The van der Waals surface area contributed by atoms with Gasteiger partial charge in [-0.3, -0.25) is 9.78 Å². The topological polar surface area (TPSA) is 86.2 Å². The zero-order valence-corrected chi connectivity index (χ0v) is 14.4. The highest BCUT2D eigenvalue weighted by atomic mass is 32.2. The Morgan fingerprint density at radius 2 is 2.04 bits per heavy atom. The van der Waals surface area contributed by atoms with Crippen LogP contribution in [0.4, 0.5) is 5.69 Å². The number of pyridine rings is 1.